The van der Waals surface area contributed by atoms with Crippen molar-refractivity contribution in [3.63, 3.8) is 0 Å². The lowest BCUT2D eigenvalue weighted by molar-refractivity contribution is -0.384. The number of hydrogen-bond donors (Lipinski definition) is 4. The summed E-state index contributed by atoms with van der Waals surface area (Å²) < 4.78 is 42.5. The van der Waals surface area contributed by atoms with Gasteiger partial charge in [-0.05, 0) is 87.8 Å². The summed E-state index contributed by atoms with van der Waals surface area (Å²) in [4.78, 5) is 19.5. The second-order valence-electron chi connectivity index (χ2n) is 12.0. The molecule has 0 aliphatic heterocycles. The Morgan fingerprint density at radius 1 is 1.00 bits per heavy atom. The Kier molecular flexibility index (Phi) is 11.8. The van der Waals surface area contributed by atoms with E-state index in [1.54, 1.807) is 6.07 Å². The number of aliphatic hydroxyl groups excluding tert-OH is 1. The molecular weight excluding hydrogens is 565 g/mol. The molecule has 3 atom stereocenters. The number of anilines is 2. The number of hydrogen-bond acceptors (Lipinski definition) is 9. The van der Waals surface area contributed by atoms with Gasteiger partial charge in [0.2, 0.25) is 11.8 Å². The lowest BCUT2D eigenvalue weighted by atomic mass is 9.73. The van der Waals surface area contributed by atoms with Crippen LogP contribution in [-0.4, -0.2) is 52.1 Å². The van der Waals surface area contributed by atoms with Crippen molar-refractivity contribution in [2.24, 2.45) is 23.7 Å². The van der Waals surface area contributed by atoms with Crippen LogP contribution in [0, 0.1) is 33.8 Å². The maximum absolute atomic E-state index is 12.8. The van der Waals surface area contributed by atoms with Gasteiger partial charge in [-0.1, -0.05) is 38.0 Å². The van der Waals surface area contributed by atoms with Crippen LogP contribution >= 0.6 is 0 Å². The van der Waals surface area contributed by atoms with Gasteiger partial charge in [-0.15, -0.1) is 13.2 Å². The number of alkyl halides is 3. The molecule has 4 N–H and O–H groups in total. The summed E-state index contributed by atoms with van der Waals surface area (Å²) >= 11 is 0. The Labute approximate surface area is 250 Å². The highest BCUT2D eigenvalue weighted by molar-refractivity contribution is 5.57. The van der Waals surface area contributed by atoms with Gasteiger partial charge in [0.05, 0.1) is 11.0 Å². The maximum atomic E-state index is 12.8. The number of nitro groups is 1. The molecule has 0 radical (unpaired) electrons. The molecule has 0 spiro atoms. The summed E-state index contributed by atoms with van der Waals surface area (Å²) in [5.41, 5.74) is -0.0238. The molecule has 43 heavy (non-hydrogen) atoms. The molecule has 1 aromatic heterocycles. The maximum Gasteiger partial charge on any atom is 0.573 e. The van der Waals surface area contributed by atoms with Crippen LogP contribution in [0.1, 0.15) is 70.3 Å². The van der Waals surface area contributed by atoms with E-state index >= 15 is 0 Å². The van der Waals surface area contributed by atoms with Crippen LogP contribution in [-0.2, 0) is 6.54 Å². The van der Waals surface area contributed by atoms with Crippen LogP contribution in [0.3, 0.4) is 0 Å². The van der Waals surface area contributed by atoms with E-state index in [1.165, 1.54) is 24.6 Å². The summed E-state index contributed by atoms with van der Waals surface area (Å²) in [6, 6.07) is 5.73. The summed E-state index contributed by atoms with van der Waals surface area (Å²) in [6.07, 6.45) is 5.48. The number of benzene rings is 1. The van der Waals surface area contributed by atoms with E-state index in [0.29, 0.717) is 30.2 Å². The lowest BCUT2D eigenvalue weighted by Crippen LogP contribution is -2.36. The standard InChI is InChI=1S/C30H43F3N6O4/c1-2-5-21-12-22(16-34-15-20-8-10-25(40)11-9-20)14-23(13-21)17-35-28-26(39(41)42)19-37-29(38-28)36-18-24-6-3-4-7-27(24)43-30(31,32)33/h3-4,6-7,19-23,25,34,40H,2,5,8-18H2,1H3,(H2,35,36,37,38)/t20?,21?,22-,23-,25?/m1/s1. The monoisotopic (exact) mass is 608 g/mol. The number of nitrogens with one attached hydrogen (secondary N) is 3. The molecule has 4 rings (SSSR count). The first-order valence-electron chi connectivity index (χ1n) is 15.3. The fourth-order valence-corrected chi connectivity index (χ4v) is 6.53. The number of aromatic nitrogens is 2. The Hall–Kier alpha value is -3.19. The second kappa shape index (κ2) is 15.5. The number of nitrogens with zero attached hydrogens (tertiary/aromatic N) is 3. The fraction of sp³-hybridized carbons (Fsp3) is 0.667. The molecule has 2 fully saturated rings. The zero-order valence-corrected chi connectivity index (χ0v) is 24.6. The van der Waals surface area contributed by atoms with E-state index in [1.807, 2.05) is 0 Å². The molecule has 0 saturated heterocycles. The van der Waals surface area contributed by atoms with Crippen LogP contribution in [0.5, 0.6) is 5.75 Å². The Morgan fingerprint density at radius 3 is 2.37 bits per heavy atom. The minimum Gasteiger partial charge on any atom is -0.405 e. The number of aliphatic hydroxyl groups is 1. The van der Waals surface area contributed by atoms with E-state index in [9.17, 15) is 28.4 Å². The smallest absolute Gasteiger partial charge is 0.405 e. The minimum absolute atomic E-state index is 0.0553. The molecule has 0 amide bonds. The Bertz CT molecular complexity index is 1180. The van der Waals surface area contributed by atoms with Crippen LogP contribution in [0.4, 0.5) is 30.6 Å². The molecule has 2 aliphatic rings. The lowest BCUT2D eigenvalue weighted by Gasteiger charge is -2.36. The first-order chi connectivity index (χ1) is 20.6. The first-order valence-corrected chi connectivity index (χ1v) is 15.3. The van der Waals surface area contributed by atoms with Crippen molar-refractivity contribution in [1.82, 2.24) is 15.3 Å². The molecule has 2 saturated carbocycles. The molecule has 2 aromatic rings. The fourth-order valence-electron chi connectivity index (χ4n) is 6.53. The molecule has 13 heteroatoms. The van der Waals surface area contributed by atoms with Crippen molar-refractivity contribution in [2.45, 2.75) is 83.7 Å². The van der Waals surface area contributed by atoms with Gasteiger partial charge in [-0.25, -0.2) is 4.98 Å². The van der Waals surface area contributed by atoms with E-state index in [-0.39, 0.29) is 41.4 Å². The average molecular weight is 609 g/mol. The zero-order valence-electron chi connectivity index (χ0n) is 24.6. The van der Waals surface area contributed by atoms with Gasteiger partial charge in [0.15, 0.2) is 0 Å². The number of halogens is 3. The van der Waals surface area contributed by atoms with Gasteiger partial charge < -0.3 is 25.8 Å². The van der Waals surface area contributed by atoms with Gasteiger partial charge in [0.25, 0.3) is 0 Å². The van der Waals surface area contributed by atoms with E-state index in [2.05, 4.69) is 37.6 Å². The van der Waals surface area contributed by atoms with Gasteiger partial charge in [-0.2, -0.15) is 4.98 Å². The molecule has 1 heterocycles. The van der Waals surface area contributed by atoms with Crippen molar-refractivity contribution in [1.29, 1.82) is 0 Å². The highest BCUT2D eigenvalue weighted by Gasteiger charge is 2.32. The van der Waals surface area contributed by atoms with Gasteiger partial charge in [-0.3, -0.25) is 10.1 Å². The van der Waals surface area contributed by atoms with E-state index in [0.717, 1.165) is 70.7 Å². The van der Waals surface area contributed by atoms with Crippen LogP contribution in [0.2, 0.25) is 0 Å². The molecule has 2 aliphatic carbocycles. The molecule has 238 valence electrons. The third-order valence-corrected chi connectivity index (χ3v) is 8.54. The number of para-hydroxylation sites is 1. The first kappa shape index (κ1) is 32.7. The predicted octanol–water partition coefficient (Wildman–Crippen LogP) is 6.28. The van der Waals surface area contributed by atoms with Crippen molar-refractivity contribution >= 4 is 17.5 Å². The molecule has 0 bridgehead atoms. The van der Waals surface area contributed by atoms with Crippen molar-refractivity contribution in [3.8, 4) is 5.75 Å². The molecule has 10 nitrogen and oxygen atoms in total. The normalized spacial score (nSPS) is 24.3. The van der Waals surface area contributed by atoms with Gasteiger partial charge in [0, 0.05) is 18.7 Å². The SMILES string of the molecule is CCCC1C[C@@H](CNCC2CCC(O)CC2)C[C@H](CNc2nc(NCc3ccccc3OC(F)(F)F)ncc2[N+](=O)[O-])C1. The highest BCUT2D eigenvalue weighted by Crippen LogP contribution is 2.36. The Morgan fingerprint density at radius 2 is 1.67 bits per heavy atom. The quantitative estimate of drug-likeness (QED) is 0.144. The van der Waals surface area contributed by atoms with Gasteiger partial charge >= 0.3 is 12.0 Å². The minimum atomic E-state index is -4.83. The van der Waals surface area contributed by atoms with Crippen molar-refractivity contribution in [3.05, 3.63) is 46.1 Å². The van der Waals surface area contributed by atoms with E-state index < -0.39 is 11.3 Å². The largest absolute Gasteiger partial charge is 0.573 e. The van der Waals surface area contributed by atoms with Crippen molar-refractivity contribution in [2.75, 3.05) is 30.3 Å². The Balaban J connectivity index is 1.36. The van der Waals surface area contributed by atoms with Crippen LogP contribution in [0.25, 0.3) is 0 Å². The summed E-state index contributed by atoms with van der Waals surface area (Å²) in [5.74, 6) is 1.83. The van der Waals surface area contributed by atoms with Crippen molar-refractivity contribution < 1.29 is 27.9 Å². The predicted molar refractivity (Wildman–Crippen MR) is 158 cm³/mol. The van der Waals surface area contributed by atoms with Crippen LogP contribution < -0.4 is 20.7 Å². The second-order valence-corrected chi connectivity index (χ2v) is 12.0. The third kappa shape index (κ3) is 10.5. The average Bonchev–Trinajstić information content (AvgIpc) is 2.96. The summed E-state index contributed by atoms with van der Waals surface area (Å²) in [5, 5.41) is 31.2. The summed E-state index contributed by atoms with van der Waals surface area (Å²) in [6.45, 7) is 4.56. The van der Waals surface area contributed by atoms with Gasteiger partial charge in [0.1, 0.15) is 11.9 Å². The zero-order chi connectivity index (χ0) is 30.8. The van der Waals surface area contributed by atoms with Crippen LogP contribution in [0.15, 0.2) is 30.5 Å². The highest BCUT2D eigenvalue weighted by atomic mass is 19.4. The molecule has 1 aromatic carbocycles. The topological polar surface area (TPSA) is 134 Å². The molecule has 1 unspecified atom stereocenters. The molecular formula is C30H43F3N6O4. The number of rotatable bonds is 14. The van der Waals surface area contributed by atoms with E-state index in [4.69, 9.17) is 0 Å². The summed E-state index contributed by atoms with van der Waals surface area (Å²) in [7, 11) is 0. The number of ether oxygens (including phenoxy) is 1. The third-order valence-electron chi connectivity index (χ3n) is 8.54.